The van der Waals surface area contributed by atoms with E-state index in [1.54, 1.807) is 0 Å². The zero-order valence-electron chi connectivity index (χ0n) is 18.6. The van der Waals surface area contributed by atoms with E-state index in [1.807, 2.05) is 27.7 Å². The Balaban J connectivity index is 0. The lowest BCUT2D eigenvalue weighted by Gasteiger charge is -2.23. The minimum absolute atomic E-state index is 0.111. The van der Waals surface area contributed by atoms with Gasteiger partial charge in [-0.2, -0.15) is 0 Å². The van der Waals surface area contributed by atoms with E-state index >= 15 is 0 Å². The molecule has 6 nitrogen and oxygen atoms in total. The molecule has 0 amide bonds. The Labute approximate surface area is 172 Å². The van der Waals surface area contributed by atoms with Crippen LogP contribution < -0.4 is 0 Å². The molecule has 0 rings (SSSR count). The number of rotatable bonds is 16. The maximum absolute atomic E-state index is 12.4. The SMILES string of the molecule is CCC(C)P(=O)(CCCO)CCCO.CCC(C)P(=O)(CCCO)CCCO. The van der Waals surface area contributed by atoms with Crippen molar-refractivity contribution in [2.75, 3.05) is 51.1 Å². The minimum atomic E-state index is -2.16. The molecule has 0 aromatic carbocycles. The number of aliphatic hydroxyl groups excluding tert-OH is 4. The van der Waals surface area contributed by atoms with E-state index in [0.29, 0.717) is 50.3 Å². The molecule has 28 heavy (non-hydrogen) atoms. The molecule has 8 heteroatoms. The van der Waals surface area contributed by atoms with Crippen molar-refractivity contribution in [1.82, 2.24) is 0 Å². The monoisotopic (exact) mass is 444 g/mol. The number of hydrogen-bond acceptors (Lipinski definition) is 6. The molecule has 0 aliphatic rings. The van der Waals surface area contributed by atoms with Crippen molar-refractivity contribution in [3.63, 3.8) is 0 Å². The molecule has 0 aromatic rings. The molecule has 0 saturated carbocycles. The van der Waals surface area contributed by atoms with Crippen LogP contribution in [0.25, 0.3) is 0 Å². The third-order valence-corrected chi connectivity index (χ3v) is 13.8. The Hall–Kier alpha value is 0.300. The van der Waals surface area contributed by atoms with Crippen molar-refractivity contribution in [3.8, 4) is 0 Å². The fraction of sp³-hybridized carbons (Fsp3) is 1.00. The second-order valence-corrected chi connectivity index (χ2v) is 15.0. The first kappa shape index (κ1) is 30.5. The van der Waals surface area contributed by atoms with E-state index in [9.17, 15) is 9.13 Å². The predicted molar refractivity (Wildman–Crippen MR) is 121 cm³/mol. The van der Waals surface area contributed by atoms with E-state index in [2.05, 4.69) is 0 Å². The summed E-state index contributed by atoms with van der Waals surface area (Å²) in [6, 6.07) is 0. The molecular formula is C20H46O6P2. The lowest BCUT2D eigenvalue weighted by molar-refractivity contribution is 0.292. The molecule has 2 unspecified atom stereocenters. The predicted octanol–water partition coefficient (Wildman–Crippen LogP) is 3.83. The minimum Gasteiger partial charge on any atom is -0.396 e. The van der Waals surface area contributed by atoms with Gasteiger partial charge in [-0.15, -0.1) is 0 Å². The molecule has 0 fully saturated rings. The first-order valence-electron chi connectivity index (χ1n) is 10.8. The Morgan fingerprint density at radius 3 is 0.929 bits per heavy atom. The summed E-state index contributed by atoms with van der Waals surface area (Å²) in [5.41, 5.74) is 0.446. The van der Waals surface area contributed by atoms with Crippen molar-refractivity contribution >= 4 is 14.3 Å². The molecule has 0 saturated heterocycles. The second-order valence-electron chi connectivity index (χ2n) is 7.62. The van der Waals surface area contributed by atoms with Gasteiger partial charge in [0.15, 0.2) is 0 Å². The molecular weight excluding hydrogens is 398 g/mol. The molecule has 2 atom stereocenters. The molecule has 0 aliphatic heterocycles. The summed E-state index contributed by atoms with van der Waals surface area (Å²) in [7, 11) is -4.33. The highest BCUT2D eigenvalue weighted by atomic mass is 31.2. The van der Waals surface area contributed by atoms with E-state index in [0.717, 1.165) is 12.8 Å². The van der Waals surface area contributed by atoms with Crippen LogP contribution in [0.15, 0.2) is 0 Å². The topological polar surface area (TPSA) is 115 Å². The normalized spacial score (nSPS) is 14.3. The summed E-state index contributed by atoms with van der Waals surface area (Å²) < 4.78 is 24.9. The maximum atomic E-state index is 12.4. The van der Waals surface area contributed by atoms with Crippen LogP contribution in [0.1, 0.15) is 66.2 Å². The van der Waals surface area contributed by atoms with Crippen LogP contribution in [0, 0.1) is 0 Å². The average molecular weight is 445 g/mol. The zero-order valence-corrected chi connectivity index (χ0v) is 20.3. The summed E-state index contributed by atoms with van der Waals surface area (Å²) in [5.74, 6) is 0. The van der Waals surface area contributed by atoms with Crippen molar-refractivity contribution in [2.24, 2.45) is 0 Å². The number of aliphatic hydroxyl groups is 4. The van der Waals surface area contributed by atoms with Crippen LogP contribution in [-0.2, 0) is 9.13 Å². The van der Waals surface area contributed by atoms with E-state index in [1.165, 1.54) is 0 Å². The van der Waals surface area contributed by atoms with Gasteiger partial charge in [-0.05, 0) is 38.5 Å². The average Bonchev–Trinajstić information content (AvgIpc) is 2.72. The van der Waals surface area contributed by atoms with Gasteiger partial charge in [-0.1, -0.05) is 27.7 Å². The third kappa shape index (κ3) is 12.8. The molecule has 0 aliphatic carbocycles. The van der Waals surface area contributed by atoms with Crippen LogP contribution in [-0.4, -0.2) is 82.8 Å². The van der Waals surface area contributed by atoms with Crippen molar-refractivity contribution in [2.45, 2.75) is 77.5 Å². The zero-order chi connectivity index (χ0) is 22.1. The fourth-order valence-electron chi connectivity index (χ4n) is 3.12. The molecule has 172 valence electrons. The second kappa shape index (κ2) is 18.1. The van der Waals surface area contributed by atoms with Crippen molar-refractivity contribution in [3.05, 3.63) is 0 Å². The van der Waals surface area contributed by atoms with Gasteiger partial charge in [0.05, 0.1) is 14.3 Å². The molecule has 4 N–H and O–H groups in total. The summed E-state index contributed by atoms with van der Waals surface area (Å²) in [4.78, 5) is 0. The standard InChI is InChI=1S/2C10H23O3P/c2*1-3-10(2)14(13,8-4-6-11)9-5-7-12/h2*10-12H,3-9H2,1-2H3. The van der Waals surface area contributed by atoms with E-state index < -0.39 is 14.3 Å². The van der Waals surface area contributed by atoms with E-state index in [-0.39, 0.29) is 37.7 Å². The Bertz CT molecular complexity index is 380. The van der Waals surface area contributed by atoms with Crippen LogP contribution in [0.2, 0.25) is 0 Å². The van der Waals surface area contributed by atoms with Crippen LogP contribution in [0.3, 0.4) is 0 Å². The summed E-state index contributed by atoms with van der Waals surface area (Å²) in [6.07, 6.45) is 6.79. The van der Waals surface area contributed by atoms with Gasteiger partial charge in [0.25, 0.3) is 0 Å². The Morgan fingerprint density at radius 1 is 0.571 bits per heavy atom. The van der Waals surface area contributed by atoms with Crippen LogP contribution >= 0.6 is 14.3 Å². The fourth-order valence-corrected chi connectivity index (χ4v) is 9.37. The van der Waals surface area contributed by atoms with Gasteiger partial charge < -0.3 is 29.6 Å². The first-order valence-corrected chi connectivity index (χ1v) is 15.1. The highest BCUT2D eigenvalue weighted by molar-refractivity contribution is 7.64. The van der Waals surface area contributed by atoms with Gasteiger partial charge in [0.2, 0.25) is 0 Å². The lowest BCUT2D eigenvalue weighted by Crippen LogP contribution is -2.11. The molecule has 0 spiro atoms. The number of hydrogen-bond donors (Lipinski definition) is 4. The van der Waals surface area contributed by atoms with Gasteiger partial charge >= 0.3 is 0 Å². The Morgan fingerprint density at radius 2 is 0.786 bits per heavy atom. The molecule has 0 radical (unpaired) electrons. The van der Waals surface area contributed by atoms with Gasteiger partial charge in [-0.3, -0.25) is 0 Å². The van der Waals surface area contributed by atoms with E-state index in [4.69, 9.17) is 20.4 Å². The quantitative estimate of drug-likeness (QED) is 0.269. The Kier molecular flexibility index (Phi) is 19.7. The summed E-state index contributed by atoms with van der Waals surface area (Å²) in [5, 5.41) is 35.0. The summed E-state index contributed by atoms with van der Waals surface area (Å²) >= 11 is 0. The van der Waals surface area contributed by atoms with Gasteiger partial charge in [0.1, 0.15) is 0 Å². The van der Waals surface area contributed by atoms with Crippen molar-refractivity contribution < 1.29 is 29.6 Å². The molecule has 0 bridgehead atoms. The summed E-state index contributed by atoms with van der Waals surface area (Å²) in [6.45, 7) is 8.54. The van der Waals surface area contributed by atoms with Crippen LogP contribution in [0.5, 0.6) is 0 Å². The molecule has 0 aromatic heterocycles. The highest BCUT2D eigenvalue weighted by Crippen LogP contribution is 2.53. The van der Waals surface area contributed by atoms with Gasteiger partial charge in [-0.25, -0.2) is 0 Å². The smallest absolute Gasteiger partial charge is 0.0905 e. The largest absolute Gasteiger partial charge is 0.396 e. The van der Waals surface area contributed by atoms with Gasteiger partial charge in [0, 0.05) is 62.4 Å². The maximum Gasteiger partial charge on any atom is 0.0905 e. The first-order chi connectivity index (χ1) is 13.2. The van der Waals surface area contributed by atoms with Crippen LogP contribution in [0.4, 0.5) is 0 Å². The third-order valence-electron chi connectivity index (χ3n) is 5.57. The molecule has 0 heterocycles. The van der Waals surface area contributed by atoms with Crippen molar-refractivity contribution in [1.29, 1.82) is 0 Å². The highest BCUT2D eigenvalue weighted by Gasteiger charge is 2.27. The lowest BCUT2D eigenvalue weighted by atomic mass is 10.4.